The molecule has 2 atom stereocenters. The number of carbonyl (C=O) groups excluding carboxylic acids is 1. The van der Waals surface area contributed by atoms with E-state index < -0.39 is 17.3 Å². The van der Waals surface area contributed by atoms with Crippen LogP contribution in [0.3, 0.4) is 0 Å². The lowest BCUT2D eigenvalue weighted by molar-refractivity contribution is -0.152. The lowest BCUT2D eigenvalue weighted by Crippen LogP contribution is -2.45. The van der Waals surface area contributed by atoms with Gasteiger partial charge in [-0.3, -0.25) is 9.59 Å². The van der Waals surface area contributed by atoms with Gasteiger partial charge in [-0.2, -0.15) is 0 Å². The molecule has 2 fully saturated rings. The number of hydrogen-bond acceptors (Lipinski definition) is 3. The third-order valence-electron chi connectivity index (χ3n) is 4.00. The van der Waals surface area contributed by atoms with Crippen LogP contribution in [0.1, 0.15) is 32.6 Å². The fraction of sp³-hybridized carbons (Fsp3) is 0.833. The van der Waals surface area contributed by atoms with Crippen LogP contribution in [0, 0.1) is 17.3 Å². The van der Waals surface area contributed by atoms with Crippen molar-refractivity contribution in [3.63, 3.8) is 0 Å². The lowest BCUT2D eigenvalue weighted by Gasteiger charge is -2.32. The third-order valence-corrected chi connectivity index (χ3v) is 4.00. The van der Waals surface area contributed by atoms with Crippen LogP contribution >= 0.6 is 0 Å². The predicted molar refractivity (Wildman–Crippen MR) is 59.1 cm³/mol. The second kappa shape index (κ2) is 4.17. The number of carbonyl (C=O) groups is 2. The zero-order valence-corrected chi connectivity index (χ0v) is 9.66. The van der Waals surface area contributed by atoms with Crippen molar-refractivity contribution in [1.82, 2.24) is 5.32 Å². The van der Waals surface area contributed by atoms with Crippen molar-refractivity contribution in [2.75, 3.05) is 13.1 Å². The summed E-state index contributed by atoms with van der Waals surface area (Å²) >= 11 is 0. The van der Waals surface area contributed by atoms with E-state index in [-0.39, 0.29) is 11.7 Å². The van der Waals surface area contributed by atoms with E-state index in [1.165, 1.54) is 0 Å². The molecule has 0 aromatic heterocycles. The van der Waals surface area contributed by atoms with E-state index in [1.54, 1.807) is 0 Å². The Bertz CT molecular complexity index is 303. The molecule has 0 aromatic rings. The molecule has 2 rings (SSSR count). The van der Waals surface area contributed by atoms with Gasteiger partial charge in [-0.1, -0.05) is 6.92 Å². The first-order valence-electron chi connectivity index (χ1n) is 6.09. The van der Waals surface area contributed by atoms with Gasteiger partial charge in [-0.15, -0.1) is 0 Å². The van der Waals surface area contributed by atoms with E-state index in [2.05, 4.69) is 5.32 Å². The Hall–Kier alpha value is -0.900. The molecule has 4 nitrogen and oxygen atoms in total. The van der Waals surface area contributed by atoms with Crippen molar-refractivity contribution in [3.8, 4) is 0 Å². The summed E-state index contributed by atoms with van der Waals surface area (Å²) in [6.45, 7) is 3.18. The van der Waals surface area contributed by atoms with E-state index >= 15 is 0 Å². The summed E-state index contributed by atoms with van der Waals surface area (Å²) in [7, 11) is 0. The predicted octanol–water partition coefficient (Wildman–Crippen LogP) is 1.06. The van der Waals surface area contributed by atoms with E-state index in [0.29, 0.717) is 19.4 Å². The highest BCUT2D eigenvalue weighted by atomic mass is 16.4. The quantitative estimate of drug-likeness (QED) is 0.734. The molecule has 1 saturated carbocycles. The highest BCUT2D eigenvalue weighted by Crippen LogP contribution is 2.45. The molecule has 1 unspecified atom stereocenters. The molecule has 2 aliphatic rings. The molecular weight excluding hydrogens is 206 g/mol. The van der Waals surface area contributed by atoms with Crippen LogP contribution in [-0.2, 0) is 9.59 Å². The van der Waals surface area contributed by atoms with E-state index in [9.17, 15) is 14.7 Å². The second-order valence-corrected chi connectivity index (χ2v) is 5.02. The van der Waals surface area contributed by atoms with Gasteiger partial charge in [0.05, 0.1) is 11.3 Å². The molecule has 1 aliphatic heterocycles. The maximum atomic E-state index is 12.3. The number of ketones is 1. The zero-order valence-electron chi connectivity index (χ0n) is 9.66. The van der Waals surface area contributed by atoms with Gasteiger partial charge in [0.2, 0.25) is 0 Å². The van der Waals surface area contributed by atoms with Crippen LogP contribution in [0.25, 0.3) is 0 Å². The maximum absolute atomic E-state index is 12.3. The van der Waals surface area contributed by atoms with Gasteiger partial charge in [-0.05, 0) is 32.2 Å². The van der Waals surface area contributed by atoms with Gasteiger partial charge >= 0.3 is 5.97 Å². The minimum atomic E-state index is -0.819. The summed E-state index contributed by atoms with van der Waals surface area (Å²) in [5.74, 6) is -0.990. The fourth-order valence-electron chi connectivity index (χ4n) is 2.94. The number of hydrogen-bond donors (Lipinski definition) is 2. The van der Waals surface area contributed by atoms with E-state index in [4.69, 9.17) is 0 Å². The molecule has 90 valence electrons. The molecule has 0 radical (unpaired) electrons. The van der Waals surface area contributed by atoms with Crippen molar-refractivity contribution in [1.29, 1.82) is 0 Å². The standard InChI is InChI=1S/C12H19NO3/c1-2-9(11(15)16)12(5-6-13-7-12)10(14)8-3-4-8/h8-9,13H,2-7H2,1H3,(H,15,16)/t9?,12-/m0/s1. The fourth-order valence-corrected chi connectivity index (χ4v) is 2.94. The molecule has 0 spiro atoms. The van der Waals surface area contributed by atoms with Gasteiger partial charge in [0.25, 0.3) is 0 Å². The van der Waals surface area contributed by atoms with Gasteiger partial charge in [0.15, 0.2) is 0 Å². The first-order valence-corrected chi connectivity index (χ1v) is 6.09. The molecule has 0 amide bonds. The van der Waals surface area contributed by atoms with Crippen LogP contribution in [0.4, 0.5) is 0 Å². The number of nitrogens with one attached hydrogen (secondary N) is 1. The Morgan fingerprint density at radius 2 is 2.19 bits per heavy atom. The largest absolute Gasteiger partial charge is 0.481 e. The van der Waals surface area contributed by atoms with Gasteiger partial charge in [-0.25, -0.2) is 0 Å². The number of rotatable bonds is 5. The molecular formula is C12H19NO3. The van der Waals surface area contributed by atoms with E-state index in [1.807, 2.05) is 6.92 Å². The summed E-state index contributed by atoms with van der Waals surface area (Å²) in [5, 5.41) is 12.4. The van der Waals surface area contributed by atoms with Crippen molar-refractivity contribution in [3.05, 3.63) is 0 Å². The first-order chi connectivity index (χ1) is 7.62. The van der Waals surface area contributed by atoms with Gasteiger partial charge in [0.1, 0.15) is 5.78 Å². The molecule has 2 N–H and O–H groups in total. The topological polar surface area (TPSA) is 66.4 Å². The molecule has 0 aromatic carbocycles. The summed E-state index contributed by atoms with van der Waals surface area (Å²) in [4.78, 5) is 23.6. The van der Waals surface area contributed by atoms with Crippen LogP contribution in [0.15, 0.2) is 0 Å². The first kappa shape index (κ1) is 11.6. The van der Waals surface area contributed by atoms with Crippen molar-refractivity contribution in [2.24, 2.45) is 17.3 Å². The Labute approximate surface area is 95.4 Å². The highest BCUT2D eigenvalue weighted by Gasteiger charge is 2.53. The number of Topliss-reactive ketones (excluding diaryl/α,β-unsaturated/α-hetero) is 1. The summed E-state index contributed by atoms with van der Waals surface area (Å²) in [6.07, 6.45) is 3.13. The highest BCUT2D eigenvalue weighted by molar-refractivity contribution is 5.93. The number of carboxylic acid groups (broad SMARTS) is 1. The monoisotopic (exact) mass is 225 g/mol. The van der Waals surface area contributed by atoms with Gasteiger partial charge in [0, 0.05) is 12.5 Å². The second-order valence-electron chi connectivity index (χ2n) is 5.02. The summed E-state index contributed by atoms with van der Waals surface area (Å²) < 4.78 is 0. The van der Waals surface area contributed by atoms with Crippen molar-refractivity contribution >= 4 is 11.8 Å². The number of carboxylic acids is 1. The number of aliphatic carboxylic acids is 1. The maximum Gasteiger partial charge on any atom is 0.307 e. The zero-order chi connectivity index (χ0) is 11.8. The SMILES string of the molecule is CCC(C(=O)O)[C@]1(C(=O)C2CC2)CCNC1. The van der Waals surface area contributed by atoms with Crippen molar-refractivity contribution in [2.45, 2.75) is 32.6 Å². The van der Waals surface area contributed by atoms with Crippen LogP contribution in [0.5, 0.6) is 0 Å². The van der Waals surface area contributed by atoms with Gasteiger partial charge < -0.3 is 10.4 Å². The average Bonchev–Trinajstić information content (AvgIpc) is 2.98. The Kier molecular flexibility index (Phi) is 3.02. The Morgan fingerprint density at radius 3 is 2.56 bits per heavy atom. The minimum Gasteiger partial charge on any atom is -0.481 e. The average molecular weight is 225 g/mol. The van der Waals surface area contributed by atoms with Crippen LogP contribution in [0.2, 0.25) is 0 Å². The Morgan fingerprint density at radius 1 is 1.50 bits per heavy atom. The molecule has 16 heavy (non-hydrogen) atoms. The lowest BCUT2D eigenvalue weighted by atomic mass is 9.69. The Balaban J connectivity index is 2.25. The molecule has 1 heterocycles. The summed E-state index contributed by atoms with van der Waals surface area (Å²) in [6, 6.07) is 0. The molecule has 1 aliphatic carbocycles. The molecule has 0 bridgehead atoms. The minimum absolute atomic E-state index is 0.147. The van der Waals surface area contributed by atoms with Crippen LogP contribution < -0.4 is 5.32 Å². The molecule has 4 heteroatoms. The third kappa shape index (κ3) is 1.75. The normalized spacial score (nSPS) is 31.3. The smallest absolute Gasteiger partial charge is 0.307 e. The molecule has 1 saturated heterocycles. The van der Waals surface area contributed by atoms with E-state index in [0.717, 1.165) is 19.4 Å². The van der Waals surface area contributed by atoms with Crippen molar-refractivity contribution < 1.29 is 14.7 Å². The summed E-state index contributed by atoms with van der Waals surface area (Å²) in [5.41, 5.74) is -0.623. The van der Waals surface area contributed by atoms with Crippen LogP contribution in [-0.4, -0.2) is 29.9 Å².